The van der Waals surface area contributed by atoms with Crippen LogP contribution in [-0.2, 0) is 13.1 Å². The molecule has 2 heterocycles. The zero-order chi connectivity index (χ0) is 20.3. The maximum absolute atomic E-state index is 5.92. The lowest BCUT2D eigenvalue weighted by molar-refractivity contribution is 0.115. The van der Waals surface area contributed by atoms with Gasteiger partial charge in [-0.1, -0.05) is 60.2 Å². The first-order valence-electron chi connectivity index (χ1n) is 10.6. The Balaban J connectivity index is 1.19. The van der Waals surface area contributed by atoms with Crippen molar-refractivity contribution < 1.29 is 4.42 Å². The summed E-state index contributed by atoms with van der Waals surface area (Å²) in [5, 5.41) is 11.2. The molecule has 1 aromatic heterocycles. The third kappa shape index (κ3) is 4.13. The molecule has 0 unspecified atom stereocenters. The van der Waals surface area contributed by atoms with E-state index in [0.29, 0.717) is 18.3 Å². The summed E-state index contributed by atoms with van der Waals surface area (Å²) in [4.78, 5) is 4.93. The van der Waals surface area contributed by atoms with Gasteiger partial charge in [-0.2, -0.15) is 0 Å². The zero-order valence-electron chi connectivity index (χ0n) is 17.3. The third-order valence-corrected chi connectivity index (χ3v) is 5.83. The van der Waals surface area contributed by atoms with E-state index in [-0.39, 0.29) is 0 Å². The number of piperazine rings is 1. The number of benzene rings is 3. The van der Waals surface area contributed by atoms with Gasteiger partial charge in [-0.3, -0.25) is 9.80 Å². The molecule has 1 aliphatic heterocycles. The van der Waals surface area contributed by atoms with Crippen molar-refractivity contribution in [3.05, 3.63) is 83.7 Å². The van der Waals surface area contributed by atoms with Crippen LogP contribution in [0.15, 0.2) is 71.1 Å². The van der Waals surface area contributed by atoms with Gasteiger partial charge in [0.1, 0.15) is 0 Å². The first-order valence-corrected chi connectivity index (χ1v) is 10.6. The van der Waals surface area contributed by atoms with Crippen LogP contribution < -0.4 is 0 Å². The highest BCUT2D eigenvalue weighted by atomic mass is 16.4. The van der Waals surface area contributed by atoms with Crippen molar-refractivity contribution in [3.63, 3.8) is 0 Å². The van der Waals surface area contributed by atoms with Crippen molar-refractivity contribution in [3.8, 4) is 11.5 Å². The predicted octanol–water partition coefficient (Wildman–Crippen LogP) is 4.52. The lowest BCUT2D eigenvalue weighted by Crippen LogP contribution is -2.45. The van der Waals surface area contributed by atoms with Gasteiger partial charge in [-0.15, -0.1) is 10.2 Å². The Hall–Kier alpha value is -3.02. The summed E-state index contributed by atoms with van der Waals surface area (Å²) in [7, 11) is 0. The number of hydrogen-bond acceptors (Lipinski definition) is 5. The van der Waals surface area contributed by atoms with E-state index in [1.807, 2.05) is 12.1 Å². The highest BCUT2D eigenvalue weighted by Gasteiger charge is 2.20. The molecule has 1 saturated heterocycles. The Kier molecular flexibility index (Phi) is 5.30. The number of hydrogen-bond donors (Lipinski definition) is 0. The second-order valence-electron chi connectivity index (χ2n) is 8.06. The van der Waals surface area contributed by atoms with Gasteiger partial charge in [0.15, 0.2) is 0 Å². The number of fused-ring (bicyclic) bond motifs is 1. The van der Waals surface area contributed by atoms with Gasteiger partial charge in [0.25, 0.3) is 0 Å². The molecule has 5 heteroatoms. The molecule has 3 aromatic carbocycles. The van der Waals surface area contributed by atoms with Crippen LogP contribution in [0.25, 0.3) is 22.2 Å². The first kappa shape index (κ1) is 19.0. The normalized spacial score (nSPS) is 15.6. The Bertz CT molecular complexity index is 1140. The lowest BCUT2D eigenvalue weighted by atomic mass is 10.0. The monoisotopic (exact) mass is 398 g/mol. The molecule has 0 atom stereocenters. The summed E-state index contributed by atoms with van der Waals surface area (Å²) in [6, 6.07) is 23.4. The van der Waals surface area contributed by atoms with Gasteiger partial charge in [-0.25, -0.2) is 0 Å². The van der Waals surface area contributed by atoms with Crippen molar-refractivity contribution in [1.29, 1.82) is 0 Å². The third-order valence-electron chi connectivity index (χ3n) is 5.83. The van der Waals surface area contributed by atoms with E-state index >= 15 is 0 Å². The SMILES string of the molecule is Cc1cccc(-c2nnc(CN3CCN(Cc4cccc5ccccc45)CC3)o2)c1. The predicted molar refractivity (Wildman–Crippen MR) is 119 cm³/mol. The zero-order valence-corrected chi connectivity index (χ0v) is 17.3. The average molecular weight is 399 g/mol. The Labute approximate surface area is 176 Å². The summed E-state index contributed by atoms with van der Waals surface area (Å²) < 4.78 is 5.92. The van der Waals surface area contributed by atoms with E-state index in [1.165, 1.54) is 21.9 Å². The highest BCUT2D eigenvalue weighted by Crippen LogP contribution is 2.22. The fourth-order valence-electron chi connectivity index (χ4n) is 4.18. The van der Waals surface area contributed by atoms with Crippen LogP contribution in [0.3, 0.4) is 0 Å². The highest BCUT2D eigenvalue weighted by molar-refractivity contribution is 5.85. The van der Waals surface area contributed by atoms with Crippen molar-refractivity contribution >= 4 is 10.8 Å². The van der Waals surface area contributed by atoms with Crippen LogP contribution in [0.5, 0.6) is 0 Å². The van der Waals surface area contributed by atoms with Crippen LogP contribution >= 0.6 is 0 Å². The second-order valence-corrected chi connectivity index (χ2v) is 8.06. The molecule has 4 aromatic rings. The van der Waals surface area contributed by atoms with Crippen LogP contribution in [0.1, 0.15) is 17.0 Å². The molecule has 0 bridgehead atoms. The summed E-state index contributed by atoms with van der Waals surface area (Å²) in [5.41, 5.74) is 3.57. The molecule has 0 amide bonds. The quantitative estimate of drug-likeness (QED) is 0.495. The molecule has 0 spiro atoms. The Morgan fingerprint density at radius 1 is 0.800 bits per heavy atom. The minimum Gasteiger partial charge on any atom is -0.419 e. The van der Waals surface area contributed by atoms with Crippen LogP contribution in [0.4, 0.5) is 0 Å². The maximum Gasteiger partial charge on any atom is 0.247 e. The average Bonchev–Trinajstić information content (AvgIpc) is 3.24. The van der Waals surface area contributed by atoms with Crippen molar-refractivity contribution in [1.82, 2.24) is 20.0 Å². The molecule has 0 aliphatic carbocycles. The summed E-state index contributed by atoms with van der Waals surface area (Å²) in [6.45, 7) is 7.87. The fraction of sp³-hybridized carbons (Fsp3) is 0.280. The van der Waals surface area contributed by atoms with Gasteiger partial charge in [0.2, 0.25) is 11.8 Å². The number of rotatable bonds is 5. The van der Waals surface area contributed by atoms with Crippen LogP contribution in [0, 0.1) is 6.92 Å². The molecule has 0 saturated carbocycles. The molecule has 5 rings (SSSR count). The van der Waals surface area contributed by atoms with Crippen molar-refractivity contribution in [2.24, 2.45) is 0 Å². The van der Waals surface area contributed by atoms with Gasteiger partial charge in [-0.05, 0) is 35.4 Å². The van der Waals surface area contributed by atoms with E-state index in [9.17, 15) is 0 Å². The van der Waals surface area contributed by atoms with E-state index in [0.717, 1.165) is 38.3 Å². The summed E-state index contributed by atoms with van der Waals surface area (Å²) in [5.74, 6) is 1.29. The molecular formula is C25H26N4O. The molecule has 1 fully saturated rings. The van der Waals surface area contributed by atoms with Crippen molar-refractivity contribution in [2.45, 2.75) is 20.0 Å². The summed E-state index contributed by atoms with van der Waals surface area (Å²) in [6.07, 6.45) is 0. The smallest absolute Gasteiger partial charge is 0.247 e. The largest absolute Gasteiger partial charge is 0.419 e. The molecular weight excluding hydrogens is 372 g/mol. The molecule has 0 radical (unpaired) electrons. The number of nitrogens with zero attached hydrogens (tertiary/aromatic N) is 4. The standard InChI is InChI=1S/C25H26N4O/c1-19-6-4-9-21(16-19)25-27-26-24(30-25)18-29-14-12-28(13-15-29)17-22-10-5-8-20-7-2-3-11-23(20)22/h2-11,16H,12-15,17-18H2,1H3. The number of aromatic nitrogens is 2. The van der Waals surface area contributed by atoms with E-state index in [4.69, 9.17) is 4.42 Å². The summed E-state index contributed by atoms with van der Waals surface area (Å²) >= 11 is 0. The number of aryl methyl sites for hydroxylation is 1. The van der Waals surface area contributed by atoms with Crippen molar-refractivity contribution in [2.75, 3.05) is 26.2 Å². The molecule has 1 aliphatic rings. The lowest BCUT2D eigenvalue weighted by Gasteiger charge is -2.34. The van der Waals surface area contributed by atoms with Crippen LogP contribution in [0.2, 0.25) is 0 Å². The second kappa shape index (κ2) is 8.38. The molecule has 152 valence electrons. The molecule has 0 N–H and O–H groups in total. The van der Waals surface area contributed by atoms with E-state index in [2.05, 4.69) is 81.5 Å². The van der Waals surface area contributed by atoms with E-state index < -0.39 is 0 Å². The fourth-order valence-corrected chi connectivity index (χ4v) is 4.18. The van der Waals surface area contributed by atoms with Gasteiger partial charge < -0.3 is 4.42 Å². The Morgan fingerprint density at radius 3 is 2.37 bits per heavy atom. The Morgan fingerprint density at radius 2 is 1.53 bits per heavy atom. The maximum atomic E-state index is 5.92. The molecule has 30 heavy (non-hydrogen) atoms. The van der Waals surface area contributed by atoms with Gasteiger partial charge in [0, 0.05) is 38.3 Å². The minimum absolute atomic E-state index is 0.600. The van der Waals surface area contributed by atoms with Gasteiger partial charge >= 0.3 is 0 Å². The first-order chi connectivity index (χ1) is 14.7. The molecule has 5 nitrogen and oxygen atoms in total. The van der Waals surface area contributed by atoms with Gasteiger partial charge in [0.05, 0.1) is 6.54 Å². The van der Waals surface area contributed by atoms with E-state index in [1.54, 1.807) is 0 Å². The topological polar surface area (TPSA) is 45.4 Å². The minimum atomic E-state index is 0.600. The van der Waals surface area contributed by atoms with Crippen LogP contribution in [-0.4, -0.2) is 46.2 Å².